The van der Waals surface area contributed by atoms with Crippen LogP contribution in [0, 0.1) is 16.0 Å². The number of halogens is 3. The maximum atomic E-state index is 13.4. The van der Waals surface area contributed by atoms with Crippen LogP contribution >= 0.6 is 0 Å². The van der Waals surface area contributed by atoms with E-state index in [1.54, 1.807) is 13.8 Å². The molecule has 3 aromatic rings. The lowest BCUT2D eigenvalue weighted by atomic mass is 10.1. The van der Waals surface area contributed by atoms with Crippen LogP contribution in [0.2, 0.25) is 0 Å². The number of hydrogen-bond donors (Lipinski definition) is 0. The fourth-order valence-electron chi connectivity index (χ4n) is 3.87. The number of hydrogen-bond acceptors (Lipinski definition) is 5. The number of aromatic nitrogens is 4. The smallest absolute Gasteiger partial charge is 0.287 e. The van der Waals surface area contributed by atoms with E-state index in [1.165, 1.54) is 39.8 Å². The molecule has 0 radical (unpaired) electrons. The van der Waals surface area contributed by atoms with Crippen LogP contribution < -0.4 is 11.2 Å². The van der Waals surface area contributed by atoms with Crippen molar-refractivity contribution >= 4 is 5.69 Å². The molecule has 0 aliphatic heterocycles. The third-order valence-electron chi connectivity index (χ3n) is 5.43. The highest BCUT2D eigenvalue weighted by molar-refractivity contribution is 5.68. The van der Waals surface area contributed by atoms with Crippen LogP contribution in [0.25, 0.3) is 11.3 Å². The highest BCUT2D eigenvalue weighted by atomic mass is 19.4. The SMILES string of the molecule is CCCCn1c(-c2cnn(Cc3ccccc3C(F)(F)F)c2)c([N+](=O)[O-])c(=O)n(CC(C)C)c1=O. The molecule has 2 aromatic heterocycles. The summed E-state index contributed by atoms with van der Waals surface area (Å²) in [7, 11) is 0. The van der Waals surface area contributed by atoms with Gasteiger partial charge >= 0.3 is 23.1 Å². The summed E-state index contributed by atoms with van der Waals surface area (Å²) in [4.78, 5) is 37.3. The molecule has 0 amide bonds. The highest BCUT2D eigenvalue weighted by Gasteiger charge is 2.33. The Bertz CT molecular complexity index is 1340. The number of rotatable bonds is 9. The van der Waals surface area contributed by atoms with Crippen LogP contribution in [-0.2, 0) is 25.8 Å². The minimum absolute atomic E-state index is 0.0123. The zero-order valence-electron chi connectivity index (χ0n) is 19.6. The van der Waals surface area contributed by atoms with Gasteiger partial charge in [-0.25, -0.2) is 4.79 Å². The Morgan fingerprint density at radius 3 is 2.43 bits per heavy atom. The van der Waals surface area contributed by atoms with E-state index in [2.05, 4.69) is 5.10 Å². The zero-order chi connectivity index (χ0) is 25.9. The predicted octanol–water partition coefficient (Wildman–Crippen LogP) is 4.30. The van der Waals surface area contributed by atoms with Gasteiger partial charge in [-0.1, -0.05) is 45.4 Å². The first kappa shape index (κ1) is 25.9. The molecule has 0 spiro atoms. The molecule has 0 unspecified atom stereocenters. The van der Waals surface area contributed by atoms with Gasteiger partial charge in [-0.2, -0.15) is 18.3 Å². The second-order valence-electron chi connectivity index (χ2n) is 8.63. The van der Waals surface area contributed by atoms with Gasteiger partial charge in [0, 0.05) is 24.8 Å². The molecule has 0 N–H and O–H groups in total. The molecule has 35 heavy (non-hydrogen) atoms. The van der Waals surface area contributed by atoms with Gasteiger partial charge in [0.15, 0.2) is 0 Å². The van der Waals surface area contributed by atoms with Crippen LogP contribution in [0.5, 0.6) is 0 Å². The molecule has 1 aromatic carbocycles. The molecular formula is C23H26F3N5O4. The summed E-state index contributed by atoms with van der Waals surface area (Å²) >= 11 is 0. The molecule has 0 aliphatic carbocycles. The Balaban J connectivity index is 2.18. The summed E-state index contributed by atoms with van der Waals surface area (Å²) in [5.74, 6) is -0.109. The summed E-state index contributed by atoms with van der Waals surface area (Å²) in [6.07, 6.45) is -0.823. The lowest BCUT2D eigenvalue weighted by molar-refractivity contribution is -0.386. The largest absolute Gasteiger partial charge is 0.416 e. The van der Waals surface area contributed by atoms with Gasteiger partial charge in [0.2, 0.25) is 0 Å². The summed E-state index contributed by atoms with van der Waals surface area (Å²) in [5.41, 5.74) is -3.42. The van der Waals surface area contributed by atoms with Crippen LogP contribution in [0.15, 0.2) is 46.2 Å². The first-order valence-corrected chi connectivity index (χ1v) is 11.2. The Morgan fingerprint density at radius 2 is 1.83 bits per heavy atom. The molecule has 12 heteroatoms. The number of benzene rings is 1. The van der Waals surface area contributed by atoms with Crippen LogP contribution in [-0.4, -0.2) is 23.8 Å². The van der Waals surface area contributed by atoms with Crippen LogP contribution in [0.3, 0.4) is 0 Å². The van der Waals surface area contributed by atoms with E-state index in [9.17, 15) is 32.9 Å². The van der Waals surface area contributed by atoms with E-state index < -0.39 is 33.6 Å². The van der Waals surface area contributed by atoms with Crippen LogP contribution in [0.1, 0.15) is 44.7 Å². The second-order valence-corrected chi connectivity index (χ2v) is 8.63. The molecule has 0 fully saturated rings. The van der Waals surface area contributed by atoms with E-state index >= 15 is 0 Å². The van der Waals surface area contributed by atoms with Gasteiger partial charge in [0.1, 0.15) is 5.69 Å². The normalized spacial score (nSPS) is 11.9. The van der Waals surface area contributed by atoms with E-state index in [4.69, 9.17) is 0 Å². The Kier molecular flexibility index (Phi) is 7.61. The minimum Gasteiger partial charge on any atom is -0.287 e. The lowest BCUT2D eigenvalue weighted by Crippen LogP contribution is -2.42. The lowest BCUT2D eigenvalue weighted by Gasteiger charge is -2.16. The van der Waals surface area contributed by atoms with Crippen molar-refractivity contribution in [1.82, 2.24) is 18.9 Å². The number of unbranched alkanes of at least 4 members (excludes halogenated alkanes) is 1. The number of alkyl halides is 3. The van der Waals surface area contributed by atoms with Gasteiger partial charge in [0.05, 0.1) is 23.2 Å². The Morgan fingerprint density at radius 1 is 1.14 bits per heavy atom. The first-order chi connectivity index (χ1) is 16.5. The fourth-order valence-corrected chi connectivity index (χ4v) is 3.87. The van der Waals surface area contributed by atoms with E-state index in [0.29, 0.717) is 12.8 Å². The van der Waals surface area contributed by atoms with E-state index in [-0.39, 0.29) is 42.4 Å². The van der Waals surface area contributed by atoms with Crippen molar-refractivity contribution in [2.24, 2.45) is 5.92 Å². The molecule has 3 rings (SSSR count). The Labute approximate surface area is 198 Å². The average molecular weight is 493 g/mol. The molecular weight excluding hydrogens is 467 g/mol. The van der Waals surface area contributed by atoms with Crippen molar-refractivity contribution < 1.29 is 18.1 Å². The third kappa shape index (κ3) is 5.52. The maximum absolute atomic E-state index is 13.4. The quantitative estimate of drug-likeness (QED) is 0.326. The zero-order valence-corrected chi connectivity index (χ0v) is 19.6. The number of nitrogens with zero attached hydrogens (tertiary/aromatic N) is 5. The van der Waals surface area contributed by atoms with Crippen molar-refractivity contribution in [3.8, 4) is 11.3 Å². The molecule has 0 aliphatic rings. The minimum atomic E-state index is -4.56. The summed E-state index contributed by atoms with van der Waals surface area (Å²) in [6.45, 7) is 5.34. The van der Waals surface area contributed by atoms with Crippen molar-refractivity contribution in [3.63, 3.8) is 0 Å². The molecule has 2 heterocycles. The summed E-state index contributed by atoms with van der Waals surface area (Å²) < 4.78 is 43.4. The van der Waals surface area contributed by atoms with Gasteiger partial charge in [0.25, 0.3) is 0 Å². The van der Waals surface area contributed by atoms with Gasteiger partial charge < -0.3 is 0 Å². The standard InChI is InChI=1S/C23H26F3N5O4/c1-4-5-10-29-19(20(31(34)35)21(32)30(22(29)33)12-15(2)3)17-11-27-28(14-17)13-16-8-6-7-9-18(16)23(24,25)26/h6-9,11,14-15H,4-5,10,12-13H2,1-3H3. The maximum Gasteiger partial charge on any atom is 0.416 e. The van der Waals surface area contributed by atoms with Crippen molar-refractivity contribution in [2.75, 3.05) is 0 Å². The highest BCUT2D eigenvalue weighted by Crippen LogP contribution is 2.32. The molecule has 0 bridgehead atoms. The molecule has 0 saturated heterocycles. The van der Waals surface area contributed by atoms with E-state index in [1.807, 2.05) is 6.92 Å². The molecule has 188 valence electrons. The average Bonchev–Trinajstić information content (AvgIpc) is 3.23. The second kappa shape index (κ2) is 10.3. The molecule has 0 atom stereocenters. The monoisotopic (exact) mass is 493 g/mol. The molecule has 0 saturated carbocycles. The molecule has 9 nitrogen and oxygen atoms in total. The van der Waals surface area contributed by atoms with Crippen molar-refractivity contribution in [3.05, 3.63) is 78.7 Å². The Hall–Kier alpha value is -3.70. The van der Waals surface area contributed by atoms with Crippen molar-refractivity contribution in [2.45, 2.75) is 59.4 Å². The van der Waals surface area contributed by atoms with E-state index in [0.717, 1.165) is 10.6 Å². The van der Waals surface area contributed by atoms with Gasteiger partial charge in [-0.05, 0) is 24.0 Å². The first-order valence-electron chi connectivity index (χ1n) is 11.2. The van der Waals surface area contributed by atoms with Crippen LogP contribution in [0.4, 0.5) is 18.9 Å². The summed E-state index contributed by atoms with van der Waals surface area (Å²) in [5, 5.41) is 16.0. The number of nitro groups is 1. The van der Waals surface area contributed by atoms with Crippen molar-refractivity contribution in [1.29, 1.82) is 0 Å². The fraction of sp³-hybridized carbons (Fsp3) is 0.435. The van der Waals surface area contributed by atoms with Gasteiger partial charge in [-0.15, -0.1) is 0 Å². The third-order valence-corrected chi connectivity index (χ3v) is 5.43. The topological polar surface area (TPSA) is 105 Å². The van der Waals surface area contributed by atoms with Gasteiger partial charge in [-0.3, -0.25) is 28.7 Å². The summed E-state index contributed by atoms with van der Waals surface area (Å²) in [6, 6.07) is 5.03. The predicted molar refractivity (Wildman–Crippen MR) is 123 cm³/mol.